The van der Waals surface area contributed by atoms with Crippen LogP contribution in [0.25, 0.3) is 11.4 Å². The number of hydrogen-bond donors (Lipinski definition) is 1. The number of carbonyl (C=O) groups excluding carboxylic acids is 1. The van der Waals surface area contributed by atoms with Gasteiger partial charge in [0, 0.05) is 24.4 Å². The van der Waals surface area contributed by atoms with Gasteiger partial charge in [0.1, 0.15) is 6.04 Å². The van der Waals surface area contributed by atoms with E-state index in [-0.39, 0.29) is 17.9 Å². The lowest BCUT2D eigenvalue weighted by Gasteiger charge is -2.18. The summed E-state index contributed by atoms with van der Waals surface area (Å²) in [5.74, 6) is 1.00. The van der Waals surface area contributed by atoms with Crippen LogP contribution >= 0.6 is 0 Å². The molecule has 0 aliphatic carbocycles. The Morgan fingerprint density at radius 2 is 1.85 bits per heavy atom. The van der Waals surface area contributed by atoms with Crippen molar-refractivity contribution in [3.8, 4) is 11.4 Å². The van der Waals surface area contributed by atoms with Crippen molar-refractivity contribution in [1.82, 2.24) is 20.4 Å². The average Bonchev–Trinajstić information content (AvgIpc) is 3.15. The highest BCUT2D eigenvalue weighted by Crippen LogP contribution is 2.23. The Balaban J connectivity index is 1.66. The highest BCUT2D eigenvalue weighted by molar-refractivity contribution is 5.76. The van der Waals surface area contributed by atoms with E-state index in [1.54, 1.807) is 12.4 Å². The second-order valence-electron chi connectivity index (χ2n) is 6.47. The highest BCUT2D eigenvalue weighted by atomic mass is 16.5. The van der Waals surface area contributed by atoms with E-state index in [1.165, 1.54) is 0 Å². The third-order valence-electron chi connectivity index (χ3n) is 4.11. The Kier molecular flexibility index (Phi) is 5.73. The van der Waals surface area contributed by atoms with Gasteiger partial charge in [-0.25, -0.2) is 0 Å². The molecule has 3 rings (SSSR count). The summed E-state index contributed by atoms with van der Waals surface area (Å²) in [4.78, 5) is 20.8. The molecule has 1 N–H and O–H groups in total. The van der Waals surface area contributed by atoms with E-state index in [0.717, 1.165) is 11.1 Å². The number of rotatable bonds is 7. The van der Waals surface area contributed by atoms with Crippen LogP contribution in [0.3, 0.4) is 0 Å². The van der Waals surface area contributed by atoms with Gasteiger partial charge in [0.25, 0.3) is 0 Å². The van der Waals surface area contributed by atoms with Crippen LogP contribution in [0.5, 0.6) is 0 Å². The van der Waals surface area contributed by atoms with Crippen molar-refractivity contribution < 1.29 is 9.32 Å². The molecule has 1 atom stereocenters. The largest absolute Gasteiger partial charge is 0.344 e. The minimum Gasteiger partial charge on any atom is -0.344 e. The van der Waals surface area contributed by atoms with Crippen LogP contribution in [-0.2, 0) is 11.2 Å². The second-order valence-corrected chi connectivity index (χ2v) is 6.47. The Morgan fingerprint density at radius 3 is 2.54 bits per heavy atom. The molecule has 0 bridgehead atoms. The molecule has 6 nitrogen and oxygen atoms in total. The van der Waals surface area contributed by atoms with Crippen LogP contribution in [0.2, 0.25) is 0 Å². The van der Waals surface area contributed by atoms with E-state index >= 15 is 0 Å². The van der Waals surface area contributed by atoms with Crippen molar-refractivity contribution in [2.75, 3.05) is 0 Å². The summed E-state index contributed by atoms with van der Waals surface area (Å²) in [5.41, 5.74) is 1.97. The van der Waals surface area contributed by atoms with E-state index in [9.17, 15) is 4.79 Å². The third-order valence-corrected chi connectivity index (χ3v) is 4.11. The van der Waals surface area contributed by atoms with E-state index in [0.29, 0.717) is 24.6 Å². The maximum Gasteiger partial charge on any atom is 0.249 e. The molecule has 1 unspecified atom stereocenters. The van der Waals surface area contributed by atoms with Gasteiger partial charge in [-0.15, -0.1) is 0 Å². The Bertz CT molecular complexity index is 831. The van der Waals surface area contributed by atoms with Crippen LogP contribution < -0.4 is 5.32 Å². The van der Waals surface area contributed by atoms with Crippen LogP contribution in [0, 0.1) is 5.92 Å². The maximum absolute atomic E-state index is 12.4. The minimum atomic E-state index is -0.318. The standard InChI is InChI=1S/C20H22N4O2/c1-14(2)18(22-17(25)9-8-15-6-4-3-5-7-15)20-23-19(24-26-20)16-10-12-21-13-11-16/h3-7,10-14,18H,8-9H2,1-2H3,(H,22,25). The Morgan fingerprint density at radius 1 is 1.12 bits per heavy atom. The van der Waals surface area contributed by atoms with Crippen LogP contribution in [0.4, 0.5) is 0 Å². The van der Waals surface area contributed by atoms with Gasteiger partial charge in [0.15, 0.2) is 0 Å². The molecule has 6 heteroatoms. The number of pyridine rings is 1. The monoisotopic (exact) mass is 350 g/mol. The molecule has 26 heavy (non-hydrogen) atoms. The molecular weight excluding hydrogens is 328 g/mol. The van der Waals surface area contributed by atoms with Gasteiger partial charge in [-0.2, -0.15) is 4.98 Å². The fourth-order valence-electron chi connectivity index (χ4n) is 2.64. The smallest absolute Gasteiger partial charge is 0.249 e. The summed E-state index contributed by atoms with van der Waals surface area (Å²) in [6.07, 6.45) is 4.47. The van der Waals surface area contributed by atoms with Crippen molar-refractivity contribution in [2.45, 2.75) is 32.7 Å². The molecule has 0 aliphatic heterocycles. The summed E-state index contributed by atoms with van der Waals surface area (Å²) in [7, 11) is 0. The quantitative estimate of drug-likeness (QED) is 0.704. The summed E-state index contributed by atoms with van der Waals surface area (Å²) >= 11 is 0. The predicted octanol–water partition coefficient (Wildman–Crippen LogP) is 3.58. The number of nitrogens with zero attached hydrogens (tertiary/aromatic N) is 3. The summed E-state index contributed by atoms with van der Waals surface area (Å²) in [6.45, 7) is 4.02. The zero-order chi connectivity index (χ0) is 18.4. The van der Waals surface area contributed by atoms with Crippen molar-refractivity contribution in [1.29, 1.82) is 0 Å². The normalized spacial score (nSPS) is 12.1. The van der Waals surface area contributed by atoms with Gasteiger partial charge in [-0.1, -0.05) is 49.3 Å². The Hall–Kier alpha value is -3.02. The molecule has 134 valence electrons. The molecule has 0 fully saturated rings. The molecule has 0 radical (unpaired) electrons. The molecule has 2 aromatic heterocycles. The lowest BCUT2D eigenvalue weighted by molar-refractivity contribution is -0.122. The molecule has 0 spiro atoms. The number of hydrogen-bond acceptors (Lipinski definition) is 5. The van der Waals surface area contributed by atoms with Crippen molar-refractivity contribution >= 4 is 5.91 Å². The number of aromatic nitrogens is 3. The fraction of sp³-hybridized carbons (Fsp3) is 0.300. The van der Waals surface area contributed by atoms with E-state index in [1.807, 2.05) is 56.3 Å². The topological polar surface area (TPSA) is 80.9 Å². The molecule has 1 amide bonds. The molecule has 0 aliphatic rings. The first kappa shape index (κ1) is 17.8. The van der Waals surface area contributed by atoms with Gasteiger partial charge < -0.3 is 9.84 Å². The minimum absolute atomic E-state index is 0.0313. The van der Waals surface area contributed by atoms with Crippen LogP contribution in [0.15, 0.2) is 59.4 Å². The molecule has 0 saturated carbocycles. The van der Waals surface area contributed by atoms with Gasteiger partial charge in [0.05, 0.1) is 0 Å². The molecule has 0 saturated heterocycles. The van der Waals surface area contributed by atoms with Crippen molar-refractivity contribution in [3.63, 3.8) is 0 Å². The molecular formula is C20H22N4O2. The average molecular weight is 350 g/mol. The second kappa shape index (κ2) is 8.38. The van der Waals surface area contributed by atoms with E-state index in [4.69, 9.17) is 4.52 Å². The lowest BCUT2D eigenvalue weighted by atomic mass is 10.0. The summed E-state index contributed by atoms with van der Waals surface area (Å²) < 4.78 is 5.41. The molecule has 3 aromatic rings. The maximum atomic E-state index is 12.4. The van der Waals surface area contributed by atoms with Crippen molar-refractivity contribution in [2.24, 2.45) is 5.92 Å². The first-order valence-electron chi connectivity index (χ1n) is 8.71. The summed E-state index contributed by atoms with van der Waals surface area (Å²) in [6, 6.07) is 13.3. The zero-order valence-corrected chi connectivity index (χ0v) is 14.9. The molecule has 2 heterocycles. The first-order chi connectivity index (χ1) is 12.6. The lowest BCUT2D eigenvalue weighted by Crippen LogP contribution is -2.32. The number of benzene rings is 1. The van der Waals surface area contributed by atoms with Crippen molar-refractivity contribution in [3.05, 3.63) is 66.3 Å². The molecule has 1 aromatic carbocycles. The van der Waals surface area contributed by atoms with Crippen LogP contribution in [-0.4, -0.2) is 21.0 Å². The Labute approximate surface area is 152 Å². The fourth-order valence-corrected chi connectivity index (χ4v) is 2.64. The predicted molar refractivity (Wildman–Crippen MR) is 98.0 cm³/mol. The third kappa shape index (κ3) is 4.53. The number of carbonyl (C=O) groups is 1. The SMILES string of the molecule is CC(C)C(NC(=O)CCc1ccccc1)c1nc(-c2ccncc2)no1. The zero-order valence-electron chi connectivity index (χ0n) is 14.9. The van der Waals surface area contributed by atoms with Gasteiger partial charge >= 0.3 is 0 Å². The number of nitrogens with one attached hydrogen (secondary N) is 1. The summed E-state index contributed by atoms with van der Waals surface area (Å²) in [5, 5.41) is 7.05. The number of amides is 1. The van der Waals surface area contributed by atoms with E-state index in [2.05, 4.69) is 20.4 Å². The van der Waals surface area contributed by atoms with Gasteiger partial charge in [-0.05, 0) is 30.0 Å². The van der Waals surface area contributed by atoms with Gasteiger partial charge in [0.2, 0.25) is 17.6 Å². The van der Waals surface area contributed by atoms with E-state index < -0.39 is 0 Å². The first-order valence-corrected chi connectivity index (χ1v) is 8.71. The van der Waals surface area contributed by atoms with Gasteiger partial charge in [-0.3, -0.25) is 9.78 Å². The highest BCUT2D eigenvalue weighted by Gasteiger charge is 2.24. The number of aryl methyl sites for hydroxylation is 1. The van der Waals surface area contributed by atoms with Crippen LogP contribution in [0.1, 0.15) is 37.8 Å².